The van der Waals surface area contributed by atoms with Gasteiger partial charge in [0.1, 0.15) is 0 Å². The van der Waals surface area contributed by atoms with Gasteiger partial charge >= 0.3 is 0 Å². The normalized spacial score (nSPS) is 31.4. The molecule has 1 unspecified atom stereocenters. The van der Waals surface area contributed by atoms with E-state index in [2.05, 4.69) is 0 Å². The van der Waals surface area contributed by atoms with Crippen molar-refractivity contribution in [2.45, 2.75) is 49.9 Å². The second kappa shape index (κ2) is 3.79. The second-order valence-electron chi connectivity index (χ2n) is 4.27. The highest BCUT2D eigenvalue weighted by molar-refractivity contribution is 7.89. The van der Waals surface area contributed by atoms with E-state index in [0.717, 1.165) is 38.5 Å². The van der Waals surface area contributed by atoms with Crippen LogP contribution in [0.3, 0.4) is 0 Å². The maximum atomic E-state index is 12.1. The topological polar surface area (TPSA) is 63.4 Å². The molecule has 2 N–H and O–H groups in total. The van der Waals surface area contributed by atoms with Crippen LogP contribution < -0.4 is 5.73 Å². The van der Waals surface area contributed by atoms with Gasteiger partial charge in [0.2, 0.25) is 10.0 Å². The Balaban J connectivity index is 2.14. The van der Waals surface area contributed by atoms with Gasteiger partial charge in [0.15, 0.2) is 0 Å². The molecule has 0 aromatic carbocycles. The van der Waals surface area contributed by atoms with E-state index in [4.69, 9.17) is 5.73 Å². The molecule has 0 radical (unpaired) electrons. The highest BCUT2D eigenvalue weighted by atomic mass is 32.2. The van der Waals surface area contributed by atoms with Crippen LogP contribution in [0.15, 0.2) is 0 Å². The number of hydrogen-bond donors (Lipinski definition) is 1. The first kappa shape index (κ1) is 10.4. The molecule has 82 valence electrons. The van der Waals surface area contributed by atoms with E-state index in [1.54, 1.807) is 0 Å². The summed E-state index contributed by atoms with van der Waals surface area (Å²) in [6, 6.07) is 0. The average molecular weight is 218 g/mol. The molecular formula is C9H18N2O2S. The van der Waals surface area contributed by atoms with E-state index in [1.807, 2.05) is 0 Å². The largest absolute Gasteiger partial charge is 0.315 e. The molecule has 4 nitrogen and oxygen atoms in total. The molecular weight excluding hydrogens is 200 g/mol. The summed E-state index contributed by atoms with van der Waals surface area (Å²) < 4.78 is 25.7. The number of nitrogens with two attached hydrogens (primary N) is 1. The zero-order chi connectivity index (χ0) is 10.2. The Morgan fingerprint density at radius 1 is 1.07 bits per heavy atom. The van der Waals surface area contributed by atoms with Crippen molar-refractivity contribution in [2.75, 3.05) is 6.54 Å². The summed E-state index contributed by atoms with van der Waals surface area (Å²) in [7, 11) is -3.08. The summed E-state index contributed by atoms with van der Waals surface area (Å²) in [6.45, 7) is 0.625. The molecule has 0 amide bonds. The third-order valence-corrected chi connectivity index (χ3v) is 5.72. The first-order chi connectivity index (χ1) is 6.62. The fraction of sp³-hybridized carbons (Fsp3) is 1.00. The van der Waals surface area contributed by atoms with Gasteiger partial charge in [-0.3, -0.25) is 0 Å². The third-order valence-electron chi connectivity index (χ3n) is 3.30. The van der Waals surface area contributed by atoms with E-state index >= 15 is 0 Å². The molecule has 0 aromatic heterocycles. The van der Waals surface area contributed by atoms with Gasteiger partial charge in [0.25, 0.3) is 0 Å². The molecule has 1 atom stereocenters. The van der Waals surface area contributed by atoms with Gasteiger partial charge in [0, 0.05) is 6.54 Å². The molecule has 1 heterocycles. The fourth-order valence-corrected chi connectivity index (χ4v) is 4.64. The van der Waals surface area contributed by atoms with Crippen molar-refractivity contribution in [1.82, 2.24) is 4.31 Å². The second-order valence-corrected chi connectivity index (χ2v) is 6.44. The maximum Gasteiger partial charge on any atom is 0.218 e. The van der Waals surface area contributed by atoms with E-state index in [9.17, 15) is 8.42 Å². The number of sulfonamides is 1. The van der Waals surface area contributed by atoms with Crippen LogP contribution in [0.2, 0.25) is 0 Å². The summed E-state index contributed by atoms with van der Waals surface area (Å²) in [5.74, 6) is 0. The van der Waals surface area contributed by atoms with Crippen molar-refractivity contribution in [2.24, 2.45) is 5.73 Å². The van der Waals surface area contributed by atoms with Gasteiger partial charge in [-0.05, 0) is 25.7 Å². The van der Waals surface area contributed by atoms with Crippen LogP contribution in [0, 0.1) is 0 Å². The van der Waals surface area contributed by atoms with Gasteiger partial charge in [-0.15, -0.1) is 0 Å². The van der Waals surface area contributed by atoms with Gasteiger partial charge in [0.05, 0.1) is 11.4 Å². The molecule has 1 aliphatic heterocycles. The Morgan fingerprint density at radius 2 is 1.71 bits per heavy atom. The zero-order valence-corrected chi connectivity index (χ0v) is 9.17. The molecule has 1 aliphatic carbocycles. The number of hydrogen-bond acceptors (Lipinski definition) is 3. The number of nitrogens with zero attached hydrogens (tertiary/aromatic N) is 1. The molecule has 2 fully saturated rings. The Morgan fingerprint density at radius 3 is 2.21 bits per heavy atom. The zero-order valence-electron chi connectivity index (χ0n) is 8.35. The van der Waals surface area contributed by atoms with E-state index in [0.29, 0.717) is 6.54 Å². The molecule has 0 spiro atoms. The first-order valence-corrected chi connectivity index (χ1v) is 6.89. The van der Waals surface area contributed by atoms with Crippen LogP contribution in [0.1, 0.15) is 38.5 Å². The lowest BCUT2D eigenvalue weighted by Gasteiger charge is -2.24. The van der Waals surface area contributed by atoms with Crippen molar-refractivity contribution in [1.29, 1.82) is 0 Å². The Kier molecular flexibility index (Phi) is 2.81. The minimum Gasteiger partial charge on any atom is -0.315 e. The van der Waals surface area contributed by atoms with Crippen molar-refractivity contribution in [3.63, 3.8) is 0 Å². The van der Waals surface area contributed by atoms with Gasteiger partial charge in [-0.25, -0.2) is 8.42 Å². The lowest BCUT2D eigenvalue weighted by Crippen LogP contribution is -2.44. The fourth-order valence-electron chi connectivity index (χ4n) is 2.46. The first-order valence-electron chi connectivity index (χ1n) is 5.38. The molecule has 1 saturated heterocycles. The summed E-state index contributed by atoms with van der Waals surface area (Å²) in [6.07, 6.45) is 5.21. The average Bonchev–Trinajstić information content (AvgIpc) is 2.72. The van der Waals surface area contributed by atoms with Crippen molar-refractivity contribution in [3.8, 4) is 0 Å². The van der Waals surface area contributed by atoms with Crippen molar-refractivity contribution in [3.05, 3.63) is 0 Å². The Hall–Kier alpha value is -0.130. The van der Waals surface area contributed by atoms with Crippen LogP contribution in [0.5, 0.6) is 0 Å². The monoisotopic (exact) mass is 218 g/mol. The highest BCUT2D eigenvalue weighted by Crippen LogP contribution is 2.30. The van der Waals surface area contributed by atoms with Crippen LogP contribution in [-0.2, 0) is 10.0 Å². The van der Waals surface area contributed by atoms with Gasteiger partial charge in [-0.1, -0.05) is 12.8 Å². The smallest absolute Gasteiger partial charge is 0.218 e. The highest BCUT2D eigenvalue weighted by Gasteiger charge is 2.38. The predicted molar refractivity (Wildman–Crippen MR) is 55.1 cm³/mol. The van der Waals surface area contributed by atoms with Crippen LogP contribution in [0.4, 0.5) is 0 Å². The molecule has 5 heteroatoms. The maximum absolute atomic E-state index is 12.1. The standard InChI is InChI=1S/C9H18N2O2S/c10-9-6-3-7-11(9)14(12,13)8-4-1-2-5-8/h8-9H,1-7,10H2. The summed E-state index contributed by atoms with van der Waals surface area (Å²) in [4.78, 5) is 0. The van der Waals surface area contributed by atoms with Gasteiger partial charge < -0.3 is 5.73 Å². The molecule has 0 bridgehead atoms. The Bertz CT molecular complexity index is 296. The lowest BCUT2D eigenvalue weighted by molar-refractivity contribution is 0.388. The molecule has 14 heavy (non-hydrogen) atoms. The quantitative estimate of drug-likeness (QED) is 0.739. The Labute approximate surface area is 85.5 Å². The summed E-state index contributed by atoms with van der Waals surface area (Å²) in [5.41, 5.74) is 5.78. The minimum atomic E-state index is -3.08. The van der Waals surface area contributed by atoms with E-state index in [-0.39, 0.29) is 11.4 Å². The molecule has 0 aromatic rings. The SMILES string of the molecule is NC1CCCN1S(=O)(=O)C1CCCC1. The van der Waals surface area contributed by atoms with Crippen LogP contribution in [0.25, 0.3) is 0 Å². The van der Waals surface area contributed by atoms with Crippen LogP contribution >= 0.6 is 0 Å². The van der Waals surface area contributed by atoms with Crippen molar-refractivity contribution >= 4 is 10.0 Å². The lowest BCUT2D eigenvalue weighted by atomic mass is 10.3. The van der Waals surface area contributed by atoms with Gasteiger partial charge in [-0.2, -0.15) is 4.31 Å². The van der Waals surface area contributed by atoms with Crippen LogP contribution in [-0.4, -0.2) is 30.7 Å². The van der Waals surface area contributed by atoms with E-state index < -0.39 is 10.0 Å². The minimum absolute atomic E-state index is 0.147. The van der Waals surface area contributed by atoms with Crippen molar-refractivity contribution < 1.29 is 8.42 Å². The van der Waals surface area contributed by atoms with E-state index in [1.165, 1.54) is 4.31 Å². The summed E-state index contributed by atoms with van der Waals surface area (Å²) >= 11 is 0. The predicted octanol–water partition coefficient (Wildman–Crippen LogP) is 0.639. The number of rotatable bonds is 2. The molecule has 1 saturated carbocycles. The summed E-state index contributed by atoms with van der Waals surface area (Å²) in [5, 5.41) is -0.147. The molecule has 2 aliphatic rings. The molecule has 2 rings (SSSR count). The third kappa shape index (κ3) is 1.68.